The fourth-order valence-electron chi connectivity index (χ4n) is 2.73. The van der Waals surface area contributed by atoms with Gasteiger partial charge in [-0.15, -0.1) is 12.4 Å². The molecule has 2 aliphatic rings. The summed E-state index contributed by atoms with van der Waals surface area (Å²) < 4.78 is 5.35. The van der Waals surface area contributed by atoms with Gasteiger partial charge in [0.2, 0.25) is 5.91 Å². The minimum Gasteiger partial charge on any atom is -0.381 e. The van der Waals surface area contributed by atoms with Gasteiger partial charge >= 0.3 is 0 Å². The van der Waals surface area contributed by atoms with E-state index >= 15 is 0 Å². The van der Waals surface area contributed by atoms with Crippen LogP contribution in [0.15, 0.2) is 0 Å². The summed E-state index contributed by atoms with van der Waals surface area (Å²) in [5.74, 6) is 0.784. The van der Waals surface area contributed by atoms with Crippen LogP contribution in [0.25, 0.3) is 0 Å². The summed E-state index contributed by atoms with van der Waals surface area (Å²) in [6.45, 7) is 7.61. The lowest BCUT2D eigenvalue weighted by atomic mass is 9.87. The van der Waals surface area contributed by atoms with Crippen LogP contribution in [0.1, 0.15) is 33.1 Å². The molecule has 0 aromatic heterocycles. The Labute approximate surface area is 116 Å². The van der Waals surface area contributed by atoms with E-state index in [1.54, 1.807) is 0 Å². The second kappa shape index (κ2) is 6.73. The minimum absolute atomic E-state index is 0. The fourth-order valence-corrected chi connectivity index (χ4v) is 2.73. The van der Waals surface area contributed by atoms with E-state index in [9.17, 15) is 4.79 Å². The van der Waals surface area contributed by atoms with Gasteiger partial charge in [0, 0.05) is 25.8 Å². The van der Waals surface area contributed by atoms with Crippen molar-refractivity contribution in [2.24, 2.45) is 11.3 Å². The Morgan fingerprint density at radius 1 is 1.44 bits per heavy atom. The van der Waals surface area contributed by atoms with Crippen LogP contribution in [0.4, 0.5) is 0 Å². The van der Waals surface area contributed by atoms with Crippen molar-refractivity contribution in [2.75, 3.05) is 26.3 Å². The average molecular weight is 277 g/mol. The second-order valence-corrected chi connectivity index (χ2v) is 5.70. The van der Waals surface area contributed by atoms with Gasteiger partial charge in [-0.2, -0.15) is 0 Å². The van der Waals surface area contributed by atoms with Crippen LogP contribution in [0, 0.1) is 11.3 Å². The normalized spacial score (nSPS) is 30.6. The molecular weight excluding hydrogens is 252 g/mol. The Hall–Kier alpha value is -0.320. The lowest BCUT2D eigenvalue weighted by Crippen LogP contribution is -2.47. The third-order valence-electron chi connectivity index (χ3n) is 4.25. The van der Waals surface area contributed by atoms with Gasteiger partial charge in [0.05, 0.1) is 5.41 Å². The van der Waals surface area contributed by atoms with Crippen molar-refractivity contribution in [1.82, 2.24) is 10.6 Å². The molecule has 106 valence electrons. The van der Waals surface area contributed by atoms with Crippen molar-refractivity contribution in [1.29, 1.82) is 0 Å². The molecule has 0 aliphatic carbocycles. The maximum absolute atomic E-state index is 12.2. The molecule has 0 radical (unpaired) electrons. The SMILES string of the molecule is CC(NC(=O)C1(C)CCNC1)C1CCOCC1.Cl. The third-order valence-corrected chi connectivity index (χ3v) is 4.25. The lowest BCUT2D eigenvalue weighted by Gasteiger charge is -2.31. The van der Waals surface area contributed by atoms with Crippen molar-refractivity contribution in [3.8, 4) is 0 Å². The number of nitrogens with one attached hydrogen (secondary N) is 2. The largest absolute Gasteiger partial charge is 0.381 e. The van der Waals surface area contributed by atoms with Gasteiger partial charge in [-0.1, -0.05) is 0 Å². The number of ether oxygens (including phenoxy) is 1. The molecule has 2 heterocycles. The number of carbonyl (C=O) groups is 1. The lowest BCUT2D eigenvalue weighted by molar-refractivity contribution is -0.130. The maximum Gasteiger partial charge on any atom is 0.227 e. The zero-order valence-corrected chi connectivity index (χ0v) is 12.1. The van der Waals surface area contributed by atoms with Gasteiger partial charge < -0.3 is 15.4 Å². The number of hydrogen-bond acceptors (Lipinski definition) is 3. The smallest absolute Gasteiger partial charge is 0.227 e. The zero-order chi connectivity index (χ0) is 12.3. The fraction of sp³-hybridized carbons (Fsp3) is 0.923. The molecule has 0 saturated carbocycles. The Morgan fingerprint density at radius 2 is 2.11 bits per heavy atom. The molecule has 5 heteroatoms. The summed E-state index contributed by atoms with van der Waals surface area (Å²) in [6.07, 6.45) is 3.08. The van der Waals surface area contributed by atoms with E-state index in [1.807, 2.05) is 0 Å². The molecule has 2 fully saturated rings. The standard InChI is InChI=1S/C13H24N2O2.ClH/c1-10(11-3-7-17-8-4-11)15-12(16)13(2)5-6-14-9-13;/h10-11,14H,3-9H2,1-2H3,(H,15,16);1H. The van der Waals surface area contributed by atoms with Crippen LogP contribution in [0.2, 0.25) is 0 Å². The minimum atomic E-state index is -0.209. The average Bonchev–Trinajstić information content (AvgIpc) is 2.78. The number of carbonyl (C=O) groups excluding carboxylic acids is 1. The van der Waals surface area contributed by atoms with Crippen LogP contribution in [0.5, 0.6) is 0 Å². The highest BCUT2D eigenvalue weighted by Crippen LogP contribution is 2.26. The molecule has 2 N–H and O–H groups in total. The molecule has 2 rings (SSSR count). The summed E-state index contributed by atoms with van der Waals surface area (Å²) in [6, 6.07) is 0.267. The van der Waals surface area contributed by atoms with Crippen LogP contribution in [-0.4, -0.2) is 38.3 Å². The second-order valence-electron chi connectivity index (χ2n) is 5.70. The van der Waals surface area contributed by atoms with Crippen LogP contribution in [-0.2, 0) is 9.53 Å². The summed E-state index contributed by atoms with van der Waals surface area (Å²) in [4.78, 5) is 12.2. The summed E-state index contributed by atoms with van der Waals surface area (Å²) in [7, 11) is 0. The van der Waals surface area contributed by atoms with Gasteiger partial charge in [0.15, 0.2) is 0 Å². The molecule has 2 saturated heterocycles. The quantitative estimate of drug-likeness (QED) is 0.818. The number of halogens is 1. The zero-order valence-electron chi connectivity index (χ0n) is 11.3. The van der Waals surface area contributed by atoms with E-state index in [1.165, 1.54) is 0 Å². The first-order chi connectivity index (χ1) is 8.12. The van der Waals surface area contributed by atoms with Crippen molar-refractivity contribution >= 4 is 18.3 Å². The van der Waals surface area contributed by atoms with E-state index in [-0.39, 0.29) is 29.8 Å². The Kier molecular flexibility index (Phi) is 5.89. The van der Waals surface area contributed by atoms with Gasteiger partial charge in [-0.05, 0) is 45.6 Å². The van der Waals surface area contributed by atoms with Crippen LogP contribution >= 0.6 is 12.4 Å². The number of hydrogen-bond donors (Lipinski definition) is 2. The van der Waals surface area contributed by atoms with E-state index in [0.717, 1.165) is 45.6 Å². The highest BCUT2D eigenvalue weighted by atomic mass is 35.5. The van der Waals surface area contributed by atoms with E-state index in [2.05, 4.69) is 24.5 Å². The van der Waals surface area contributed by atoms with Gasteiger partial charge in [-0.3, -0.25) is 4.79 Å². The molecule has 2 aliphatic heterocycles. The first kappa shape index (κ1) is 15.7. The monoisotopic (exact) mass is 276 g/mol. The number of rotatable bonds is 3. The number of amides is 1. The molecule has 0 aromatic carbocycles. The Morgan fingerprint density at radius 3 is 2.67 bits per heavy atom. The van der Waals surface area contributed by atoms with E-state index < -0.39 is 0 Å². The first-order valence-corrected chi connectivity index (χ1v) is 6.71. The topological polar surface area (TPSA) is 50.4 Å². The molecule has 2 atom stereocenters. The molecular formula is C13H25ClN2O2. The van der Waals surface area contributed by atoms with Crippen molar-refractivity contribution in [3.63, 3.8) is 0 Å². The highest BCUT2D eigenvalue weighted by molar-refractivity contribution is 5.85. The van der Waals surface area contributed by atoms with Crippen molar-refractivity contribution < 1.29 is 9.53 Å². The molecule has 0 bridgehead atoms. The van der Waals surface area contributed by atoms with E-state index in [4.69, 9.17) is 4.74 Å². The summed E-state index contributed by atoms with van der Waals surface area (Å²) >= 11 is 0. The Balaban J connectivity index is 0.00000162. The Bertz CT molecular complexity index is 274. The molecule has 2 unspecified atom stereocenters. The van der Waals surface area contributed by atoms with Gasteiger partial charge in [0.1, 0.15) is 0 Å². The molecule has 0 aromatic rings. The molecule has 0 spiro atoms. The molecule has 4 nitrogen and oxygen atoms in total. The first-order valence-electron chi connectivity index (χ1n) is 6.71. The van der Waals surface area contributed by atoms with Gasteiger partial charge in [0.25, 0.3) is 0 Å². The van der Waals surface area contributed by atoms with Crippen molar-refractivity contribution in [2.45, 2.75) is 39.2 Å². The third kappa shape index (κ3) is 3.59. The molecule has 1 amide bonds. The van der Waals surface area contributed by atoms with Crippen LogP contribution < -0.4 is 10.6 Å². The predicted molar refractivity (Wildman–Crippen MR) is 74.0 cm³/mol. The van der Waals surface area contributed by atoms with Crippen LogP contribution in [0.3, 0.4) is 0 Å². The predicted octanol–water partition coefficient (Wildman–Crippen LogP) is 1.34. The highest BCUT2D eigenvalue weighted by Gasteiger charge is 2.37. The molecule has 18 heavy (non-hydrogen) atoms. The van der Waals surface area contributed by atoms with E-state index in [0.29, 0.717) is 5.92 Å². The van der Waals surface area contributed by atoms with Gasteiger partial charge in [-0.25, -0.2) is 0 Å². The summed E-state index contributed by atoms with van der Waals surface area (Å²) in [5, 5.41) is 6.46. The van der Waals surface area contributed by atoms with Crippen molar-refractivity contribution in [3.05, 3.63) is 0 Å². The maximum atomic E-state index is 12.2. The summed E-state index contributed by atoms with van der Waals surface area (Å²) in [5.41, 5.74) is -0.209.